The number of ether oxygens (including phenoxy) is 1. The molecule has 4 rings (SSSR count). The van der Waals surface area contributed by atoms with Gasteiger partial charge in [-0.3, -0.25) is 4.79 Å². The third-order valence-corrected chi connectivity index (χ3v) is 15.2. The summed E-state index contributed by atoms with van der Waals surface area (Å²) in [7, 11) is -1.79. The molecule has 2 aromatic carbocycles. The normalized spacial score (nSPS) is 27.7. The van der Waals surface area contributed by atoms with Crippen LogP contribution >= 0.6 is 34.2 Å². The fourth-order valence-corrected chi connectivity index (χ4v) is 8.07. The number of carbonyl (C=O) groups excluding carboxylic acids is 1. The van der Waals surface area contributed by atoms with E-state index in [1.807, 2.05) is 12.1 Å². The molecule has 1 aliphatic heterocycles. The molecule has 5 atom stereocenters. The van der Waals surface area contributed by atoms with Gasteiger partial charge >= 0.3 is 0 Å². The number of rotatable bonds is 8. The van der Waals surface area contributed by atoms with E-state index in [-0.39, 0.29) is 40.2 Å². The topological polar surface area (TPSA) is 47.6 Å². The van der Waals surface area contributed by atoms with Crippen LogP contribution in [0, 0.1) is 11.3 Å². The third kappa shape index (κ3) is 5.84. The SMILES string of the molecule is C[C@H]1NC(=O)[C@]2(C)CC[C@@H](c3ccc(OCCO[Si](C)(C)C(C)(C)C)cc3Cl)[C@H](c3ccc(CI)cc3)[C@H]12. The van der Waals surface area contributed by atoms with Crippen molar-refractivity contribution < 1.29 is 14.0 Å². The van der Waals surface area contributed by atoms with Gasteiger partial charge in [0, 0.05) is 21.4 Å². The van der Waals surface area contributed by atoms with Crippen molar-refractivity contribution >= 4 is 48.4 Å². The Morgan fingerprint density at radius 3 is 2.42 bits per heavy atom. The Hall–Kier alpha value is -1.09. The second kappa shape index (κ2) is 11.4. The van der Waals surface area contributed by atoms with Crippen molar-refractivity contribution in [1.82, 2.24) is 5.32 Å². The number of carbonyl (C=O) groups is 1. The summed E-state index contributed by atoms with van der Waals surface area (Å²) in [4.78, 5) is 13.1. The Labute approximate surface area is 248 Å². The highest BCUT2D eigenvalue weighted by Crippen LogP contribution is 2.59. The van der Waals surface area contributed by atoms with E-state index in [1.165, 1.54) is 11.1 Å². The van der Waals surface area contributed by atoms with Crippen LogP contribution < -0.4 is 10.1 Å². The molecule has 2 aromatic rings. The largest absolute Gasteiger partial charge is 0.491 e. The Morgan fingerprint density at radius 1 is 1.13 bits per heavy atom. The highest BCUT2D eigenvalue weighted by molar-refractivity contribution is 14.1. The van der Waals surface area contributed by atoms with E-state index in [1.54, 1.807) is 0 Å². The minimum atomic E-state index is -1.79. The Kier molecular flexibility index (Phi) is 8.98. The van der Waals surface area contributed by atoms with E-state index in [2.05, 4.69) is 106 Å². The maximum absolute atomic E-state index is 13.1. The Balaban J connectivity index is 1.56. The van der Waals surface area contributed by atoms with Gasteiger partial charge < -0.3 is 14.5 Å². The van der Waals surface area contributed by atoms with Crippen LogP contribution in [0.3, 0.4) is 0 Å². The number of alkyl halides is 1. The van der Waals surface area contributed by atoms with Gasteiger partial charge in [0.25, 0.3) is 0 Å². The molecular formula is C31H43ClINO3Si. The van der Waals surface area contributed by atoms with Gasteiger partial charge in [-0.1, -0.05) is 92.2 Å². The predicted molar refractivity (Wildman–Crippen MR) is 168 cm³/mol. The van der Waals surface area contributed by atoms with Crippen molar-refractivity contribution in [1.29, 1.82) is 0 Å². The number of benzene rings is 2. The lowest BCUT2D eigenvalue weighted by Crippen LogP contribution is -2.42. The van der Waals surface area contributed by atoms with Gasteiger partial charge in [-0.2, -0.15) is 0 Å². The first-order valence-electron chi connectivity index (χ1n) is 13.8. The van der Waals surface area contributed by atoms with Gasteiger partial charge in [-0.05, 0) is 78.6 Å². The number of fused-ring (bicyclic) bond motifs is 1. The summed E-state index contributed by atoms with van der Waals surface area (Å²) in [5.74, 6) is 1.60. The number of hydrogen-bond acceptors (Lipinski definition) is 3. The number of nitrogens with one attached hydrogen (secondary N) is 1. The summed E-state index contributed by atoms with van der Waals surface area (Å²) in [6.07, 6.45) is 1.78. The molecule has 2 fully saturated rings. The van der Waals surface area contributed by atoms with Crippen LogP contribution in [0.1, 0.15) is 76.0 Å². The maximum Gasteiger partial charge on any atom is 0.226 e. The van der Waals surface area contributed by atoms with Gasteiger partial charge in [0.05, 0.1) is 12.0 Å². The molecule has 1 saturated carbocycles. The Morgan fingerprint density at radius 2 is 1.82 bits per heavy atom. The van der Waals surface area contributed by atoms with Crippen molar-refractivity contribution in [2.45, 2.75) is 87.9 Å². The van der Waals surface area contributed by atoms with Crippen LogP contribution in [0.5, 0.6) is 5.75 Å². The average Bonchev–Trinajstić information content (AvgIpc) is 3.09. The molecule has 1 heterocycles. The zero-order chi connectivity index (χ0) is 27.9. The third-order valence-electron chi connectivity index (χ3n) is 9.46. The molecule has 1 aliphatic carbocycles. The molecule has 0 unspecified atom stereocenters. The first kappa shape index (κ1) is 29.9. The van der Waals surface area contributed by atoms with Crippen molar-refractivity contribution in [3.63, 3.8) is 0 Å². The van der Waals surface area contributed by atoms with Gasteiger partial charge in [0.1, 0.15) is 12.4 Å². The van der Waals surface area contributed by atoms with E-state index >= 15 is 0 Å². The van der Waals surface area contributed by atoms with Gasteiger partial charge in [0.15, 0.2) is 8.32 Å². The molecule has 38 heavy (non-hydrogen) atoms. The van der Waals surface area contributed by atoms with Crippen LogP contribution in [0.25, 0.3) is 0 Å². The van der Waals surface area contributed by atoms with Gasteiger partial charge in [0.2, 0.25) is 5.91 Å². The van der Waals surface area contributed by atoms with Crippen LogP contribution in [-0.4, -0.2) is 33.5 Å². The number of hydrogen-bond donors (Lipinski definition) is 1. The number of amides is 1. The molecule has 0 spiro atoms. The molecule has 7 heteroatoms. The molecule has 208 valence electrons. The predicted octanol–water partition coefficient (Wildman–Crippen LogP) is 8.48. The molecule has 4 nitrogen and oxygen atoms in total. The van der Waals surface area contributed by atoms with E-state index in [4.69, 9.17) is 20.8 Å². The lowest BCUT2D eigenvalue weighted by molar-refractivity contribution is -0.129. The lowest BCUT2D eigenvalue weighted by Gasteiger charge is -2.46. The van der Waals surface area contributed by atoms with Crippen LogP contribution in [0.15, 0.2) is 42.5 Å². The molecule has 0 aromatic heterocycles. The second-order valence-electron chi connectivity index (χ2n) is 12.9. The monoisotopic (exact) mass is 667 g/mol. The van der Waals surface area contributed by atoms with Crippen LogP contribution in [0.2, 0.25) is 23.2 Å². The van der Waals surface area contributed by atoms with E-state index in [0.29, 0.717) is 13.2 Å². The molecule has 0 bridgehead atoms. The molecule has 2 aliphatic rings. The smallest absolute Gasteiger partial charge is 0.226 e. The summed E-state index contributed by atoms with van der Waals surface area (Å²) in [5.41, 5.74) is 3.40. The molecule has 1 amide bonds. The summed E-state index contributed by atoms with van der Waals surface area (Å²) in [6.45, 7) is 16.6. The lowest BCUT2D eigenvalue weighted by atomic mass is 9.56. The Bertz CT molecular complexity index is 1150. The van der Waals surface area contributed by atoms with E-state index < -0.39 is 8.32 Å². The maximum atomic E-state index is 13.1. The first-order chi connectivity index (χ1) is 17.8. The van der Waals surface area contributed by atoms with Crippen molar-refractivity contribution in [3.8, 4) is 5.75 Å². The quantitative estimate of drug-likeness (QED) is 0.133. The minimum Gasteiger partial charge on any atom is -0.491 e. The highest BCUT2D eigenvalue weighted by Gasteiger charge is 2.57. The van der Waals surface area contributed by atoms with Crippen LogP contribution in [0.4, 0.5) is 0 Å². The zero-order valence-electron chi connectivity index (χ0n) is 23.9. The zero-order valence-corrected chi connectivity index (χ0v) is 27.8. The molecule has 1 saturated heterocycles. The highest BCUT2D eigenvalue weighted by atomic mass is 127. The summed E-state index contributed by atoms with van der Waals surface area (Å²) in [5, 5.41) is 4.18. The summed E-state index contributed by atoms with van der Waals surface area (Å²) < 4.78 is 13.3. The molecule has 1 N–H and O–H groups in total. The van der Waals surface area contributed by atoms with Crippen LogP contribution in [-0.2, 0) is 13.6 Å². The molecular weight excluding hydrogens is 625 g/mol. The number of halogens is 2. The van der Waals surface area contributed by atoms with Gasteiger partial charge in [-0.15, -0.1) is 0 Å². The second-order valence-corrected chi connectivity index (χ2v) is 18.9. The van der Waals surface area contributed by atoms with Crippen molar-refractivity contribution in [2.75, 3.05) is 13.2 Å². The summed E-state index contributed by atoms with van der Waals surface area (Å²) >= 11 is 9.37. The van der Waals surface area contributed by atoms with E-state index in [9.17, 15) is 4.79 Å². The minimum absolute atomic E-state index is 0.117. The molecule has 0 radical (unpaired) electrons. The summed E-state index contributed by atoms with van der Waals surface area (Å²) in [6, 6.07) is 15.2. The van der Waals surface area contributed by atoms with Gasteiger partial charge in [-0.25, -0.2) is 0 Å². The van der Waals surface area contributed by atoms with Crippen molar-refractivity contribution in [3.05, 3.63) is 64.2 Å². The first-order valence-corrected chi connectivity index (χ1v) is 18.6. The average molecular weight is 668 g/mol. The fourth-order valence-electron chi connectivity index (χ4n) is 6.23. The van der Waals surface area contributed by atoms with E-state index in [0.717, 1.165) is 33.6 Å². The fraction of sp³-hybridized carbons (Fsp3) is 0.581. The van der Waals surface area contributed by atoms with Crippen molar-refractivity contribution in [2.24, 2.45) is 11.3 Å². The standard InChI is InChI=1S/C31H43ClINO3Si/c1-20-28-27(22-10-8-21(19-33)9-11-22)25(14-15-31(28,5)29(35)34-20)24-13-12-23(18-26(24)32)36-16-17-37-38(6,7)30(2,3)4/h8-13,18,20,25,27-28H,14-17,19H2,1-7H3,(H,34,35)/t20-,25+,27+,28+,31-/m1/s1.